The van der Waals surface area contributed by atoms with Crippen molar-refractivity contribution in [3.05, 3.63) is 64.6 Å². The van der Waals surface area contributed by atoms with Gasteiger partial charge in [-0.3, -0.25) is 15.1 Å². The van der Waals surface area contributed by atoms with Crippen LogP contribution in [-0.4, -0.2) is 40.2 Å². The number of nitrogens with one attached hydrogen (secondary N) is 3. The van der Waals surface area contributed by atoms with Crippen molar-refractivity contribution in [2.24, 2.45) is 5.92 Å². The summed E-state index contributed by atoms with van der Waals surface area (Å²) in [4.78, 5) is 18.2. The predicted octanol–water partition coefficient (Wildman–Crippen LogP) is 3.32. The molecule has 8 heteroatoms. The highest BCUT2D eigenvalue weighted by Gasteiger charge is 2.26. The lowest BCUT2D eigenvalue weighted by Crippen LogP contribution is -2.40. The van der Waals surface area contributed by atoms with Crippen LogP contribution in [0.4, 0.5) is 5.69 Å². The Balaban J connectivity index is 1.18. The quantitative estimate of drug-likeness (QED) is 0.553. The Morgan fingerprint density at radius 1 is 1.23 bits per heavy atom. The number of benzene rings is 1. The van der Waals surface area contributed by atoms with Gasteiger partial charge in [0.2, 0.25) is 5.91 Å². The maximum absolute atomic E-state index is 13.0. The van der Waals surface area contributed by atoms with E-state index < -0.39 is 0 Å². The van der Waals surface area contributed by atoms with E-state index in [0.717, 1.165) is 56.8 Å². The Morgan fingerprint density at radius 2 is 2.19 bits per heavy atom. The standard InChI is InChI=1S/C23H28N6OS/c30-23(26-18-5-1-6-19(14-18)29-13-3-10-25-29)17-4-2-12-28(15-17)16-20-7-8-22(31-20)21-9-11-24-27-21/h1,3,5-8,10,13-14,17,21,24,27H,2,4,9,11-12,15-16H2,(H,26,30). The van der Waals surface area contributed by atoms with Crippen LogP contribution in [0.25, 0.3) is 5.69 Å². The Kier molecular flexibility index (Phi) is 6.13. The van der Waals surface area contributed by atoms with Crippen LogP contribution >= 0.6 is 11.3 Å². The minimum atomic E-state index is 0.0160. The van der Waals surface area contributed by atoms with Crippen LogP contribution in [0.5, 0.6) is 0 Å². The fraction of sp³-hybridized carbons (Fsp3) is 0.391. The van der Waals surface area contributed by atoms with Gasteiger partial charge in [-0.25, -0.2) is 10.1 Å². The van der Waals surface area contributed by atoms with E-state index in [1.165, 1.54) is 9.75 Å². The molecule has 0 saturated carbocycles. The second-order valence-electron chi connectivity index (χ2n) is 8.28. The van der Waals surface area contributed by atoms with E-state index in [2.05, 4.69) is 38.3 Å². The van der Waals surface area contributed by atoms with E-state index in [1.807, 2.05) is 47.9 Å². The number of thiophene rings is 1. The van der Waals surface area contributed by atoms with Crippen molar-refractivity contribution >= 4 is 22.9 Å². The molecule has 31 heavy (non-hydrogen) atoms. The number of hydrogen-bond donors (Lipinski definition) is 3. The topological polar surface area (TPSA) is 74.2 Å². The minimum Gasteiger partial charge on any atom is -0.326 e. The number of anilines is 1. The van der Waals surface area contributed by atoms with Gasteiger partial charge in [0, 0.05) is 47.5 Å². The zero-order chi connectivity index (χ0) is 21.0. The summed E-state index contributed by atoms with van der Waals surface area (Å²) in [6, 6.07) is 14.6. The molecule has 2 atom stereocenters. The molecule has 2 saturated heterocycles. The number of aromatic nitrogens is 2. The number of amides is 1. The van der Waals surface area contributed by atoms with Gasteiger partial charge >= 0.3 is 0 Å². The van der Waals surface area contributed by atoms with E-state index in [-0.39, 0.29) is 11.8 Å². The van der Waals surface area contributed by atoms with Crippen molar-refractivity contribution in [1.82, 2.24) is 25.5 Å². The molecule has 3 aromatic rings. The van der Waals surface area contributed by atoms with Crippen molar-refractivity contribution in [2.75, 3.05) is 25.0 Å². The van der Waals surface area contributed by atoms with Gasteiger partial charge in [-0.1, -0.05) is 6.07 Å². The third kappa shape index (κ3) is 4.88. The molecule has 2 unspecified atom stereocenters. The Hall–Kier alpha value is -2.52. The zero-order valence-electron chi connectivity index (χ0n) is 17.5. The lowest BCUT2D eigenvalue weighted by Gasteiger charge is -2.31. The summed E-state index contributed by atoms with van der Waals surface area (Å²) in [5, 5.41) is 7.38. The maximum atomic E-state index is 13.0. The average Bonchev–Trinajstić information content (AvgIpc) is 3.56. The summed E-state index contributed by atoms with van der Waals surface area (Å²) in [5.41, 5.74) is 8.30. The van der Waals surface area contributed by atoms with Crippen molar-refractivity contribution in [3.8, 4) is 5.69 Å². The number of piperidine rings is 1. The van der Waals surface area contributed by atoms with Crippen molar-refractivity contribution in [3.63, 3.8) is 0 Å². The minimum absolute atomic E-state index is 0.0160. The molecule has 0 aliphatic carbocycles. The summed E-state index contributed by atoms with van der Waals surface area (Å²) in [5.74, 6) is 0.123. The first-order valence-corrected chi connectivity index (χ1v) is 11.8. The molecule has 2 fully saturated rings. The lowest BCUT2D eigenvalue weighted by molar-refractivity contribution is -0.121. The Bertz CT molecular complexity index is 1010. The second-order valence-corrected chi connectivity index (χ2v) is 9.48. The highest BCUT2D eigenvalue weighted by molar-refractivity contribution is 7.12. The molecule has 0 radical (unpaired) electrons. The van der Waals surface area contributed by atoms with Crippen molar-refractivity contribution < 1.29 is 4.79 Å². The summed E-state index contributed by atoms with van der Waals surface area (Å²) in [6.45, 7) is 3.80. The number of carbonyl (C=O) groups excluding carboxylic acids is 1. The molecule has 1 aromatic carbocycles. The number of likely N-dealkylation sites (tertiary alicyclic amines) is 1. The Morgan fingerprint density at radius 3 is 3.03 bits per heavy atom. The largest absolute Gasteiger partial charge is 0.326 e. The highest BCUT2D eigenvalue weighted by Crippen LogP contribution is 2.29. The summed E-state index contributed by atoms with van der Waals surface area (Å²) >= 11 is 1.88. The number of hydrogen-bond acceptors (Lipinski definition) is 6. The van der Waals surface area contributed by atoms with E-state index in [9.17, 15) is 4.79 Å². The molecule has 2 aliphatic rings. The van der Waals surface area contributed by atoms with Gasteiger partial charge in [-0.15, -0.1) is 11.3 Å². The normalized spacial score (nSPS) is 21.9. The van der Waals surface area contributed by atoms with E-state index in [0.29, 0.717) is 6.04 Å². The number of hydrazine groups is 1. The molecule has 3 N–H and O–H groups in total. The second kappa shape index (κ2) is 9.32. The summed E-state index contributed by atoms with van der Waals surface area (Å²) < 4.78 is 1.80. The first kappa shape index (κ1) is 20.4. The van der Waals surface area contributed by atoms with Crippen LogP contribution in [0.3, 0.4) is 0 Å². The van der Waals surface area contributed by atoms with E-state index in [4.69, 9.17) is 0 Å². The third-order valence-electron chi connectivity index (χ3n) is 6.00. The summed E-state index contributed by atoms with van der Waals surface area (Å²) in [6.07, 6.45) is 6.77. The van der Waals surface area contributed by atoms with Gasteiger partial charge in [0.1, 0.15) is 0 Å². The van der Waals surface area contributed by atoms with Crippen LogP contribution < -0.4 is 16.2 Å². The molecule has 2 aliphatic heterocycles. The molecular weight excluding hydrogens is 408 g/mol. The monoisotopic (exact) mass is 436 g/mol. The summed E-state index contributed by atoms with van der Waals surface area (Å²) in [7, 11) is 0. The smallest absolute Gasteiger partial charge is 0.228 e. The average molecular weight is 437 g/mol. The maximum Gasteiger partial charge on any atom is 0.228 e. The third-order valence-corrected chi connectivity index (χ3v) is 7.18. The molecule has 0 bridgehead atoms. The van der Waals surface area contributed by atoms with Gasteiger partial charge in [0.15, 0.2) is 0 Å². The fourth-order valence-corrected chi connectivity index (χ4v) is 5.53. The SMILES string of the molecule is O=C(Nc1cccc(-n2cccn2)c1)C1CCCN(Cc2ccc(C3CCNN3)s2)C1. The van der Waals surface area contributed by atoms with Crippen LogP contribution in [0.2, 0.25) is 0 Å². The molecular formula is C23H28N6OS. The van der Waals surface area contributed by atoms with Crippen LogP contribution in [-0.2, 0) is 11.3 Å². The van der Waals surface area contributed by atoms with E-state index in [1.54, 1.807) is 10.9 Å². The van der Waals surface area contributed by atoms with Crippen LogP contribution in [0.15, 0.2) is 54.9 Å². The molecule has 1 amide bonds. The van der Waals surface area contributed by atoms with Gasteiger partial charge in [0.25, 0.3) is 0 Å². The zero-order valence-corrected chi connectivity index (χ0v) is 18.3. The number of nitrogens with zero attached hydrogens (tertiary/aromatic N) is 3. The fourth-order valence-electron chi connectivity index (χ4n) is 4.39. The van der Waals surface area contributed by atoms with Gasteiger partial charge in [-0.05, 0) is 62.2 Å². The van der Waals surface area contributed by atoms with Crippen molar-refractivity contribution in [2.45, 2.75) is 31.8 Å². The van der Waals surface area contributed by atoms with Gasteiger partial charge < -0.3 is 5.32 Å². The van der Waals surface area contributed by atoms with E-state index >= 15 is 0 Å². The van der Waals surface area contributed by atoms with Crippen LogP contribution in [0.1, 0.15) is 35.1 Å². The molecule has 162 valence electrons. The highest BCUT2D eigenvalue weighted by atomic mass is 32.1. The lowest BCUT2D eigenvalue weighted by atomic mass is 9.97. The number of carbonyl (C=O) groups is 1. The van der Waals surface area contributed by atoms with Crippen molar-refractivity contribution in [1.29, 1.82) is 0 Å². The molecule has 7 nitrogen and oxygen atoms in total. The first-order valence-electron chi connectivity index (χ1n) is 10.9. The number of rotatable bonds is 6. The van der Waals surface area contributed by atoms with Gasteiger partial charge in [-0.2, -0.15) is 5.10 Å². The van der Waals surface area contributed by atoms with Gasteiger partial charge in [0.05, 0.1) is 17.6 Å². The Labute approximate surface area is 186 Å². The molecule has 2 aromatic heterocycles. The molecule has 4 heterocycles. The molecule has 0 spiro atoms. The van der Waals surface area contributed by atoms with Crippen LogP contribution in [0, 0.1) is 5.92 Å². The predicted molar refractivity (Wildman–Crippen MR) is 123 cm³/mol. The molecule has 5 rings (SSSR count). The first-order chi connectivity index (χ1) is 15.2.